The van der Waals surface area contributed by atoms with Gasteiger partial charge in [0.25, 0.3) is 10.0 Å². The van der Waals surface area contributed by atoms with Crippen molar-refractivity contribution in [1.29, 1.82) is 0 Å². The first-order chi connectivity index (χ1) is 7.18. The van der Waals surface area contributed by atoms with E-state index in [9.17, 15) is 8.42 Å². The van der Waals surface area contributed by atoms with Crippen LogP contribution in [0.15, 0.2) is 35.7 Å². The number of nitrogens with zero attached hydrogens (tertiary/aromatic N) is 3. The van der Waals surface area contributed by atoms with E-state index < -0.39 is 10.0 Å². The van der Waals surface area contributed by atoms with Crippen LogP contribution >= 0.6 is 0 Å². The first-order valence-corrected chi connectivity index (χ1v) is 5.45. The number of hydrogen-bond donors (Lipinski definition) is 2. The second kappa shape index (κ2) is 3.65. The Bertz CT molecular complexity index is 522. The highest BCUT2D eigenvalue weighted by molar-refractivity contribution is 7.92. The third kappa shape index (κ3) is 2.10. The van der Waals surface area contributed by atoms with Gasteiger partial charge in [-0.15, -0.1) is 0 Å². The molecule has 0 aliphatic rings. The molecule has 0 bridgehead atoms. The highest BCUT2D eigenvalue weighted by Crippen LogP contribution is 2.09. The van der Waals surface area contributed by atoms with Crippen molar-refractivity contribution in [2.45, 2.75) is 4.90 Å². The highest BCUT2D eigenvalue weighted by atomic mass is 32.2. The van der Waals surface area contributed by atoms with E-state index in [1.165, 1.54) is 24.8 Å². The summed E-state index contributed by atoms with van der Waals surface area (Å²) in [5.41, 5.74) is 0. The largest absolute Gasteiger partial charge is 0.284 e. The molecule has 0 saturated carbocycles. The summed E-state index contributed by atoms with van der Waals surface area (Å²) >= 11 is 0. The predicted molar refractivity (Wildman–Crippen MR) is 51.4 cm³/mol. The first kappa shape index (κ1) is 9.59. The number of anilines is 1. The number of aromatic nitrogens is 4. The third-order valence-electron chi connectivity index (χ3n) is 1.57. The topological polar surface area (TPSA) is 101 Å². The molecule has 0 amide bonds. The van der Waals surface area contributed by atoms with Crippen molar-refractivity contribution in [1.82, 2.24) is 20.2 Å². The van der Waals surface area contributed by atoms with E-state index in [1.807, 2.05) is 0 Å². The standard InChI is InChI=1S/C7H7N5O2S/c13-15(14,6-4-10-11-5-6)12-7-8-2-1-3-9-7/h1-5H,(H,10,11)(H,8,9,12). The Morgan fingerprint density at radius 2 is 2.00 bits per heavy atom. The van der Waals surface area contributed by atoms with Gasteiger partial charge in [-0.05, 0) is 6.07 Å². The number of hydrogen-bond acceptors (Lipinski definition) is 5. The van der Waals surface area contributed by atoms with E-state index in [4.69, 9.17) is 0 Å². The van der Waals surface area contributed by atoms with Crippen molar-refractivity contribution in [3.63, 3.8) is 0 Å². The van der Waals surface area contributed by atoms with Crippen LogP contribution in [-0.2, 0) is 10.0 Å². The molecule has 0 unspecified atom stereocenters. The van der Waals surface area contributed by atoms with Crippen LogP contribution in [0.1, 0.15) is 0 Å². The van der Waals surface area contributed by atoms with Gasteiger partial charge in [0.2, 0.25) is 5.95 Å². The predicted octanol–water partition coefficient (Wildman–Crippen LogP) is 0.000500. The van der Waals surface area contributed by atoms with Crippen LogP contribution in [0.3, 0.4) is 0 Å². The fraction of sp³-hybridized carbons (Fsp3) is 0. The lowest BCUT2D eigenvalue weighted by Gasteiger charge is -2.02. The lowest BCUT2D eigenvalue weighted by molar-refractivity contribution is 0.601. The minimum Gasteiger partial charge on any atom is -0.284 e. The van der Waals surface area contributed by atoms with Crippen LogP contribution in [0.4, 0.5) is 5.95 Å². The number of sulfonamides is 1. The molecule has 15 heavy (non-hydrogen) atoms. The Balaban J connectivity index is 2.27. The summed E-state index contributed by atoms with van der Waals surface area (Å²) in [6.45, 7) is 0. The van der Waals surface area contributed by atoms with Crippen LogP contribution in [0.25, 0.3) is 0 Å². The average molecular weight is 225 g/mol. The molecule has 78 valence electrons. The van der Waals surface area contributed by atoms with Gasteiger partial charge in [0.05, 0.1) is 6.20 Å². The molecule has 0 fully saturated rings. The van der Waals surface area contributed by atoms with Gasteiger partial charge in [-0.3, -0.25) is 5.10 Å². The molecule has 0 spiro atoms. The zero-order chi connectivity index (χ0) is 10.7. The maximum atomic E-state index is 11.6. The smallest absolute Gasteiger partial charge is 0.267 e. The Kier molecular flexibility index (Phi) is 2.34. The Morgan fingerprint density at radius 1 is 1.27 bits per heavy atom. The van der Waals surface area contributed by atoms with Crippen LogP contribution in [0.2, 0.25) is 0 Å². The molecular weight excluding hydrogens is 218 g/mol. The maximum Gasteiger partial charge on any atom is 0.267 e. The quantitative estimate of drug-likeness (QED) is 0.765. The summed E-state index contributed by atoms with van der Waals surface area (Å²) in [5, 5.41) is 5.96. The number of H-pyrrole nitrogens is 1. The van der Waals surface area contributed by atoms with Crippen molar-refractivity contribution < 1.29 is 8.42 Å². The summed E-state index contributed by atoms with van der Waals surface area (Å²) in [5.74, 6) is 0.0266. The molecule has 2 heterocycles. The minimum atomic E-state index is -3.64. The van der Waals surface area contributed by atoms with Gasteiger partial charge in [-0.25, -0.2) is 23.1 Å². The number of nitrogens with one attached hydrogen (secondary N) is 2. The number of rotatable bonds is 3. The highest BCUT2D eigenvalue weighted by Gasteiger charge is 2.15. The molecule has 0 aliphatic carbocycles. The van der Waals surface area contributed by atoms with Crippen molar-refractivity contribution in [2.75, 3.05) is 4.72 Å². The van der Waals surface area contributed by atoms with Gasteiger partial charge in [0.1, 0.15) is 4.90 Å². The third-order valence-corrected chi connectivity index (χ3v) is 2.87. The van der Waals surface area contributed by atoms with Crippen LogP contribution in [0, 0.1) is 0 Å². The lowest BCUT2D eigenvalue weighted by atomic mass is 10.7. The van der Waals surface area contributed by atoms with Gasteiger partial charge in [-0.1, -0.05) is 0 Å². The zero-order valence-electron chi connectivity index (χ0n) is 7.45. The second-order valence-electron chi connectivity index (χ2n) is 2.61. The van der Waals surface area contributed by atoms with E-state index in [2.05, 4.69) is 24.9 Å². The van der Waals surface area contributed by atoms with Crippen molar-refractivity contribution in [3.05, 3.63) is 30.9 Å². The molecule has 2 N–H and O–H groups in total. The summed E-state index contributed by atoms with van der Waals surface area (Å²) < 4.78 is 25.4. The molecule has 8 heteroatoms. The summed E-state index contributed by atoms with van der Waals surface area (Å²) in [4.78, 5) is 7.52. The molecule has 2 aromatic rings. The van der Waals surface area contributed by atoms with Crippen LogP contribution in [-0.4, -0.2) is 28.6 Å². The molecule has 0 radical (unpaired) electrons. The molecule has 7 nitrogen and oxygen atoms in total. The summed E-state index contributed by atoms with van der Waals surface area (Å²) in [6, 6.07) is 1.59. The molecule has 0 saturated heterocycles. The molecular formula is C7H7N5O2S. The van der Waals surface area contributed by atoms with E-state index >= 15 is 0 Å². The minimum absolute atomic E-state index is 0.0266. The lowest BCUT2D eigenvalue weighted by Crippen LogP contribution is -2.14. The van der Waals surface area contributed by atoms with Gasteiger partial charge >= 0.3 is 0 Å². The van der Waals surface area contributed by atoms with Crippen molar-refractivity contribution >= 4 is 16.0 Å². The molecule has 0 aliphatic heterocycles. The SMILES string of the molecule is O=S(=O)(Nc1ncccn1)c1cn[nH]c1. The average Bonchev–Trinajstić information content (AvgIpc) is 2.71. The van der Waals surface area contributed by atoms with E-state index in [-0.39, 0.29) is 10.8 Å². The molecule has 2 aromatic heterocycles. The van der Waals surface area contributed by atoms with Gasteiger partial charge in [0.15, 0.2) is 0 Å². The molecule has 2 rings (SSSR count). The van der Waals surface area contributed by atoms with E-state index in [0.717, 1.165) is 0 Å². The normalized spacial score (nSPS) is 11.2. The van der Waals surface area contributed by atoms with Gasteiger partial charge in [-0.2, -0.15) is 5.10 Å². The van der Waals surface area contributed by atoms with Crippen molar-refractivity contribution in [3.8, 4) is 0 Å². The Labute approximate surface area is 85.6 Å². The Morgan fingerprint density at radius 3 is 2.60 bits per heavy atom. The first-order valence-electron chi connectivity index (χ1n) is 3.97. The molecule has 0 atom stereocenters. The van der Waals surface area contributed by atoms with Gasteiger partial charge in [0, 0.05) is 18.6 Å². The maximum absolute atomic E-state index is 11.6. The second-order valence-corrected chi connectivity index (χ2v) is 4.29. The zero-order valence-corrected chi connectivity index (χ0v) is 8.27. The van der Waals surface area contributed by atoms with E-state index in [1.54, 1.807) is 6.07 Å². The van der Waals surface area contributed by atoms with Crippen LogP contribution < -0.4 is 4.72 Å². The summed E-state index contributed by atoms with van der Waals surface area (Å²) in [6.07, 6.45) is 5.36. The van der Waals surface area contributed by atoms with Crippen LogP contribution in [0.5, 0.6) is 0 Å². The monoisotopic (exact) mass is 225 g/mol. The summed E-state index contributed by atoms with van der Waals surface area (Å²) in [7, 11) is -3.64. The Hall–Kier alpha value is -1.96. The van der Waals surface area contributed by atoms with Crippen molar-refractivity contribution in [2.24, 2.45) is 0 Å². The molecule has 0 aromatic carbocycles. The fourth-order valence-corrected chi connectivity index (χ4v) is 1.78. The van der Waals surface area contributed by atoms with E-state index in [0.29, 0.717) is 0 Å². The fourth-order valence-electron chi connectivity index (χ4n) is 0.917. The van der Waals surface area contributed by atoms with Gasteiger partial charge < -0.3 is 0 Å². The number of aromatic amines is 1.